The van der Waals surface area contributed by atoms with E-state index in [1.807, 2.05) is 41.3 Å². The number of thiazole rings is 1. The lowest BCUT2D eigenvalue weighted by molar-refractivity contribution is 0.416. The van der Waals surface area contributed by atoms with Gasteiger partial charge in [0.25, 0.3) is 0 Å². The molecule has 2 aromatic heterocycles. The molecule has 0 aliphatic rings. The average molecular weight is 413 g/mol. The van der Waals surface area contributed by atoms with Crippen LogP contribution in [-0.4, -0.2) is 26.9 Å². The summed E-state index contributed by atoms with van der Waals surface area (Å²) in [4.78, 5) is 4.73. The number of thioether (sulfide) groups is 1. The van der Waals surface area contributed by atoms with Gasteiger partial charge in [-0.3, -0.25) is 0 Å². The van der Waals surface area contributed by atoms with Crippen molar-refractivity contribution in [1.82, 2.24) is 19.7 Å². The van der Waals surface area contributed by atoms with Crippen molar-refractivity contribution in [3.05, 3.63) is 65.4 Å². The Hall–Kier alpha value is -2.71. The Labute approximate surface area is 170 Å². The summed E-state index contributed by atoms with van der Waals surface area (Å²) in [5.41, 5.74) is 2.79. The second-order valence-corrected chi connectivity index (χ2v) is 7.81. The van der Waals surface area contributed by atoms with Gasteiger partial charge in [-0.2, -0.15) is 0 Å². The second-order valence-electron chi connectivity index (χ2n) is 6.01. The van der Waals surface area contributed by atoms with E-state index in [1.54, 1.807) is 42.3 Å². The average Bonchev–Trinajstić information content (AvgIpc) is 3.34. The maximum atomic E-state index is 13.1. The normalized spacial score (nSPS) is 11.0. The molecule has 0 aliphatic carbocycles. The highest BCUT2D eigenvalue weighted by Gasteiger charge is 2.14. The molecule has 0 N–H and O–H groups in total. The molecule has 0 saturated heterocycles. The maximum Gasteiger partial charge on any atom is 0.191 e. The molecule has 0 atom stereocenters. The van der Waals surface area contributed by atoms with Gasteiger partial charge in [-0.1, -0.05) is 23.9 Å². The second kappa shape index (κ2) is 8.12. The van der Waals surface area contributed by atoms with Crippen LogP contribution in [0.1, 0.15) is 5.69 Å². The number of ether oxygens (including phenoxy) is 1. The third-order valence-corrected chi connectivity index (χ3v) is 6.15. The van der Waals surface area contributed by atoms with Crippen LogP contribution < -0.4 is 4.74 Å². The van der Waals surface area contributed by atoms with E-state index < -0.39 is 0 Å². The van der Waals surface area contributed by atoms with Crippen molar-refractivity contribution in [3.63, 3.8) is 0 Å². The Morgan fingerprint density at radius 3 is 2.68 bits per heavy atom. The Bertz CT molecular complexity index is 1090. The van der Waals surface area contributed by atoms with Crippen LogP contribution >= 0.6 is 23.1 Å². The summed E-state index contributed by atoms with van der Waals surface area (Å²) in [5.74, 6) is 1.93. The molecule has 4 rings (SSSR count). The van der Waals surface area contributed by atoms with Crippen LogP contribution in [-0.2, 0) is 12.8 Å². The monoisotopic (exact) mass is 412 g/mol. The van der Waals surface area contributed by atoms with Crippen molar-refractivity contribution in [2.45, 2.75) is 10.9 Å². The van der Waals surface area contributed by atoms with Crippen molar-refractivity contribution in [2.75, 3.05) is 7.11 Å². The summed E-state index contributed by atoms with van der Waals surface area (Å²) < 4.78 is 20.5. The molecule has 0 aliphatic heterocycles. The molecular weight excluding hydrogens is 395 g/mol. The standard InChI is InChI=1S/C20H17FN4OS2/c1-25-18(13-7-9-14(21)10-8-13)23-24-20(25)28-12-15-11-27-19(22-15)16-5-3-4-6-17(16)26-2/h3-11H,12H2,1-2H3. The van der Waals surface area contributed by atoms with E-state index in [4.69, 9.17) is 9.72 Å². The highest BCUT2D eigenvalue weighted by atomic mass is 32.2. The number of rotatable bonds is 6. The van der Waals surface area contributed by atoms with Gasteiger partial charge < -0.3 is 9.30 Å². The molecular formula is C20H17FN4OS2. The Morgan fingerprint density at radius 1 is 1.11 bits per heavy atom. The van der Waals surface area contributed by atoms with Gasteiger partial charge in [0.05, 0.1) is 18.4 Å². The van der Waals surface area contributed by atoms with Crippen molar-refractivity contribution in [1.29, 1.82) is 0 Å². The van der Waals surface area contributed by atoms with Crippen LogP contribution in [0.4, 0.5) is 4.39 Å². The fourth-order valence-electron chi connectivity index (χ4n) is 2.75. The van der Waals surface area contributed by atoms with Gasteiger partial charge in [0.1, 0.15) is 16.6 Å². The number of aromatic nitrogens is 4. The number of methoxy groups -OCH3 is 1. The van der Waals surface area contributed by atoms with Gasteiger partial charge in [-0.05, 0) is 36.4 Å². The van der Waals surface area contributed by atoms with E-state index in [0.29, 0.717) is 11.6 Å². The van der Waals surface area contributed by atoms with Gasteiger partial charge in [0.15, 0.2) is 11.0 Å². The van der Waals surface area contributed by atoms with Crippen LogP contribution in [0.25, 0.3) is 22.0 Å². The van der Waals surface area contributed by atoms with Crippen LogP contribution in [0.3, 0.4) is 0 Å². The number of halogens is 1. The van der Waals surface area contributed by atoms with E-state index in [0.717, 1.165) is 32.7 Å². The zero-order valence-electron chi connectivity index (χ0n) is 15.3. The van der Waals surface area contributed by atoms with Crippen molar-refractivity contribution < 1.29 is 9.13 Å². The minimum atomic E-state index is -0.269. The van der Waals surface area contributed by atoms with Crippen molar-refractivity contribution >= 4 is 23.1 Å². The minimum absolute atomic E-state index is 0.269. The summed E-state index contributed by atoms with van der Waals surface area (Å²) in [6, 6.07) is 14.1. The predicted molar refractivity (Wildman–Crippen MR) is 110 cm³/mol. The SMILES string of the molecule is COc1ccccc1-c1nc(CSc2nnc(-c3ccc(F)cc3)n2C)cs1. The Morgan fingerprint density at radius 2 is 1.89 bits per heavy atom. The summed E-state index contributed by atoms with van der Waals surface area (Å²) in [6.45, 7) is 0. The number of hydrogen-bond donors (Lipinski definition) is 0. The largest absolute Gasteiger partial charge is 0.496 e. The Kier molecular flexibility index (Phi) is 5.40. The van der Waals surface area contributed by atoms with Crippen LogP contribution in [0, 0.1) is 5.82 Å². The van der Waals surface area contributed by atoms with Crippen molar-refractivity contribution in [2.24, 2.45) is 7.05 Å². The fourth-order valence-corrected chi connectivity index (χ4v) is 4.51. The first-order valence-electron chi connectivity index (χ1n) is 8.51. The van der Waals surface area contributed by atoms with E-state index in [2.05, 4.69) is 10.2 Å². The van der Waals surface area contributed by atoms with E-state index in [9.17, 15) is 4.39 Å². The highest BCUT2D eigenvalue weighted by Crippen LogP contribution is 2.33. The molecule has 8 heteroatoms. The van der Waals surface area contributed by atoms with Crippen LogP contribution in [0.5, 0.6) is 5.75 Å². The van der Waals surface area contributed by atoms with Crippen molar-refractivity contribution in [3.8, 4) is 27.7 Å². The molecule has 28 heavy (non-hydrogen) atoms. The molecule has 0 bridgehead atoms. The third kappa shape index (κ3) is 3.79. The summed E-state index contributed by atoms with van der Waals surface area (Å²) in [7, 11) is 3.57. The van der Waals surface area contributed by atoms with Gasteiger partial charge in [0.2, 0.25) is 0 Å². The topological polar surface area (TPSA) is 52.8 Å². The molecule has 2 heterocycles. The summed E-state index contributed by atoms with van der Waals surface area (Å²) >= 11 is 3.16. The lowest BCUT2D eigenvalue weighted by Gasteiger charge is -2.04. The predicted octanol–water partition coefficient (Wildman–Crippen LogP) is 5.05. The van der Waals surface area contributed by atoms with E-state index >= 15 is 0 Å². The number of hydrogen-bond acceptors (Lipinski definition) is 6. The number of nitrogens with zero attached hydrogens (tertiary/aromatic N) is 4. The molecule has 0 unspecified atom stereocenters. The summed E-state index contributed by atoms with van der Waals surface area (Å²) in [5, 5.41) is 12.3. The zero-order chi connectivity index (χ0) is 19.5. The molecule has 0 saturated carbocycles. The molecule has 2 aromatic carbocycles. The zero-order valence-corrected chi connectivity index (χ0v) is 16.9. The first-order valence-corrected chi connectivity index (χ1v) is 10.4. The molecule has 5 nitrogen and oxygen atoms in total. The first-order chi connectivity index (χ1) is 13.7. The highest BCUT2D eigenvalue weighted by molar-refractivity contribution is 7.98. The lowest BCUT2D eigenvalue weighted by atomic mass is 10.2. The van der Waals surface area contributed by atoms with Crippen LogP contribution in [0.2, 0.25) is 0 Å². The number of benzene rings is 2. The third-order valence-electron chi connectivity index (χ3n) is 4.18. The van der Waals surface area contributed by atoms with Gasteiger partial charge >= 0.3 is 0 Å². The molecule has 4 aromatic rings. The smallest absolute Gasteiger partial charge is 0.191 e. The van der Waals surface area contributed by atoms with Gasteiger partial charge in [0, 0.05) is 23.7 Å². The van der Waals surface area contributed by atoms with Gasteiger partial charge in [-0.15, -0.1) is 21.5 Å². The maximum absolute atomic E-state index is 13.1. The molecule has 0 spiro atoms. The minimum Gasteiger partial charge on any atom is -0.496 e. The molecule has 0 fully saturated rings. The lowest BCUT2D eigenvalue weighted by Crippen LogP contribution is -1.95. The van der Waals surface area contributed by atoms with E-state index in [-0.39, 0.29) is 5.82 Å². The van der Waals surface area contributed by atoms with Crippen LogP contribution in [0.15, 0.2) is 59.1 Å². The summed E-state index contributed by atoms with van der Waals surface area (Å²) in [6.07, 6.45) is 0. The molecule has 142 valence electrons. The quantitative estimate of drug-likeness (QED) is 0.415. The molecule has 0 amide bonds. The first kappa shape index (κ1) is 18.6. The van der Waals surface area contributed by atoms with Gasteiger partial charge in [-0.25, -0.2) is 9.37 Å². The van der Waals surface area contributed by atoms with E-state index in [1.165, 1.54) is 12.1 Å². The number of para-hydroxylation sites is 1. The fraction of sp³-hybridized carbons (Fsp3) is 0.150. The Balaban J connectivity index is 1.49. The molecule has 0 radical (unpaired) electrons.